The van der Waals surface area contributed by atoms with Crippen LogP contribution in [-0.4, -0.2) is 0 Å². The fourth-order valence-corrected chi connectivity index (χ4v) is 1.12. The van der Waals surface area contributed by atoms with Gasteiger partial charge in [0.25, 0.3) is 0 Å². The third kappa shape index (κ3) is 29.2. The van der Waals surface area contributed by atoms with E-state index in [9.17, 15) is 0 Å². The third-order valence-corrected chi connectivity index (χ3v) is 2.31. The van der Waals surface area contributed by atoms with Crippen molar-refractivity contribution in [3.63, 3.8) is 0 Å². The van der Waals surface area contributed by atoms with Gasteiger partial charge in [0.15, 0.2) is 0 Å². The Bertz CT molecular complexity index is 2140. The minimum Gasteiger partial charge on any atom is -0.358 e. The molecule has 0 aliphatic rings. The molecule has 162 valence electrons. The molecule has 0 saturated carbocycles. The second-order valence-corrected chi connectivity index (χ2v) is 4.75. The minimum atomic E-state index is 1.87. The van der Waals surface area contributed by atoms with Crippen LogP contribution in [0, 0.1) is 238 Å². The van der Waals surface area contributed by atoms with Crippen LogP contribution in [0.5, 0.6) is 0 Å². The van der Waals surface area contributed by atoms with Crippen molar-refractivity contribution in [3.05, 3.63) is 12.8 Å². The highest BCUT2D eigenvalue weighted by molar-refractivity contribution is 5.49. The van der Waals surface area contributed by atoms with E-state index >= 15 is 0 Å². The average molecular weight is 480 g/mol. The smallest absolute Gasteiger partial charge is 0 e. The van der Waals surface area contributed by atoms with Gasteiger partial charge in [0.1, 0.15) is 0 Å². The third-order valence-electron chi connectivity index (χ3n) is 2.31. The van der Waals surface area contributed by atoms with Crippen molar-refractivity contribution in [2.24, 2.45) is 0 Å². The summed E-state index contributed by atoms with van der Waals surface area (Å²) in [5, 5.41) is 0. The fourth-order valence-electron chi connectivity index (χ4n) is 1.12. The number of rotatable bonds is 0. The van der Waals surface area contributed by atoms with Gasteiger partial charge < -0.3 is 12.8 Å². The number of hydrogen-bond donors (Lipinski definition) is 0. The monoisotopic (exact) mass is 480 g/mol. The van der Waals surface area contributed by atoms with E-state index in [4.69, 9.17) is 12.8 Å². The molecule has 0 heterocycles. The molecule has 0 amide bonds. The van der Waals surface area contributed by atoms with Crippen molar-refractivity contribution >= 4 is 0 Å². The molecule has 0 spiro atoms. The van der Waals surface area contributed by atoms with Crippen molar-refractivity contribution in [3.8, 4) is 225 Å². The summed E-state index contributed by atoms with van der Waals surface area (Å²) in [5.41, 5.74) is 0. The molecule has 0 atom stereocenters. The topological polar surface area (TPSA) is 0 Å². The van der Waals surface area contributed by atoms with Gasteiger partial charge in [0.2, 0.25) is 0 Å². The minimum absolute atomic E-state index is 1.87. The van der Waals surface area contributed by atoms with E-state index < -0.39 is 0 Å². The predicted octanol–water partition coefficient (Wildman–Crippen LogP) is 0.227. The second kappa shape index (κ2) is 30.2. The Kier molecular flexibility index (Phi) is 23.6. The van der Waals surface area contributed by atoms with Crippen molar-refractivity contribution in [1.29, 1.82) is 0 Å². The van der Waals surface area contributed by atoms with Gasteiger partial charge in [0, 0.05) is 94.7 Å². The zero-order chi connectivity index (χ0) is 28.9. The molecule has 0 saturated heterocycles. The summed E-state index contributed by atoms with van der Waals surface area (Å²) in [5.74, 6) is 91.9. The molecule has 0 heteroatoms. The molecule has 0 bridgehead atoms. The summed E-state index contributed by atoms with van der Waals surface area (Å²) >= 11 is 0. The van der Waals surface area contributed by atoms with Gasteiger partial charge in [-0.15, -0.1) is 11.8 Å². The molecule has 0 rings (SSSR count). The van der Waals surface area contributed by atoms with E-state index in [1.54, 1.807) is 0 Å². The maximum Gasteiger partial charge on any atom is 0 e. The summed E-state index contributed by atoms with van der Waals surface area (Å²) in [6.45, 7) is 0. The highest BCUT2D eigenvalue weighted by Crippen LogP contribution is 1.61. The lowest BCUT2D eigenvalue weighted by molar-refractivity contribution is 2.32. The average Bonchev–Trinajstić information content (AvgIpc) is 2.97. The van der Waals surface area contributed by atoms with Gasteiger partial charge >= 0.3 is 0 Å². The summed E-state index contributed by atoms with van der Waals surface area (Å²) in [6, 6.07) is 0. The molecule has 0 N–H and O–H groups in total. The van der Waals surface area contributed by atoms with Crippen LogP contribution in [0.4, 0.5) is 0 Å². The van der Waals surface area contributed by atoms with Crippen LogP contribution in [0.3, 0.4) is 0 Å². The largest absolute Gasteiger partial charge is 0.358 e. The van der Waals surface area contributed by atoms with E-state index in [1.165, 1.54) is 0 Å². The zero-order valence-electron chi connectivity index (χ0n) is 20.0. The van der Waals surface area contributed by atoms with Crippen molar-refractivity contribution in [2.45, 2.75) is 0 Å². The molecule has 0 aromatic rings. The van der Waals surface area contributed by atoms with Gasteiger partial charge in [-0.2, -0.15) is 0 Å². The van der Waals surface area contributed by atoms with E-state index in [0.29, 0.717) is 0 Å². The molecular weight excluding hydrogens is 480 g/mol. The Labute approximate surface area is 237 Å². The van der Waals surface area contributed by atoms with Crippen LogP contribution in [-0.2, 0) is 0 Å². The molecule has 0 aliphatic carbocycles. The lowest BCUT2D eigenvalue weighted by Gasteiger charge is -1.63. The molecular formula is C40-2. The molecule has 0 aliphatic heterocycles. The Morgan fingerprint density at radius 2 is 0.200 bits per heavy atom. The first-order valence-electron chi connectivity index (χ1n) is 9.75. The van der Waals surface area contributed by atoms with Crippen LogP contribution in [0.15, 0.2) is 0 Å². The lowest BCUT2D eigenvalue weighted by atomic mass is 10.4. The lowest BCUT2D eigenvalue weighted by Crippen LogP contribution is -1.57. The van der Waals surface area contributed by atoms with Gasteiger partial charge in [0.05, 0.1) is 0 Å². The number of hydrogen-bond acceptors (Lipinski definition) is 0. The first kappa shape index (κ1) is 31.2. The van der Waals surface area contributed by atoms with Gasteiger partial charge in [-0.3, -0.25) is 11.8 Å². The molecule has 0 aromatic carbocycles. The molecule has 0 fully saturated rings. The summed E-state index contributed by atoms with van der Waals surface area (Å²) in [6.07, 6.45) is 13.1. The van der Waals surface area contributed by atoms with Crippen LogP contribution in [0.25, 0.3) is 0 Å². The van der Waals surface area contributed by atoms with E-state index in [2.05, 4.69) is 213 Å². The van der Waals surface area contributed by atoms with E-state index in [-0.39, 0.29) is 0 Å². The standard InChI is InChI=1S/C40/c1-3-5-7-9-11-13-15-17-19-21-23-25-27-29-31-33-35-37-39-40-38-36-34-32-30-28-26-24-22-20-18-16-14-12-10-8-6-4-2/q-2. The molecule has 40 heavy (non-hydrogen) atoms. The maximum absolute atomic E-state index is 6.55. The van der Waals surface area contributed by atoms with Crippen LogP contribution in [0.2, 0.25) is 0 Å². The SMILES string of the molecule is [C-]#CC#CC#CC#CC#CC#CC#CC#CC#CC#CC#CC#CC#CC#CC#CC#CC#CC#CC#CC#[C-]. The first-order chi connectivity index (χ1) is 19.9. The van der Waals surface area contributed by atoms with Crippen LogP contribution in [0.1, 0.15) is 0 Å². The summed E-state index contributed by atoms with van der Waals surface area (Å²) < 4.78 is 0. The Hall–Kier alpha value is -8.80. The highest BCUT2D eigenvalue weighted by Gasteiger charge is 1.60. The van der Waals surface area contributed by atoms with Gasteiger partial charge in [-0.25, -0.2) is 11.8 Å². The molecule has 0 nitrogen and oxygen atoms in total. The second-order valence-electron chi connectivity index (χ2n) is 4.75. The van der Waals surface area contributed by atoms with Crippen LogP contribution < -0.4 is 0 Å². The van der Waals surface area contributed by atoms with Crippen molar-refractivity contribution < 1.29 is 0 Å². The summed E-state index contributed by atoms with van der Waals surface area (Å²) in [4.78, 5) is 0. The predicted molar refractivity (Wildman–Crippen MR) is 154 cm³/mol. The Morgan fingerprint density at radius 1 is 0.125 bits per heavy atom. The first-order valence-corrected chi connectivity index (χ1v) is 9.75. The fraction of sp³-hybridized carbons (Fsp3) is 0. The summed E-state index contributed by atoms with van der Waals surface area (Å²) in [7, 11) is 0. The van der Waals surface area contributed by atoms with Crippen molar-refractivity contribution in [1.82, 2.24) is 0 Å². The Balaban J connectivity index is 4.52. The molecule has 0 radical (unpaired) electrons. The highest BCUT2D eigenvalue weighted by atomic mass is 13.6. The molecule has 0 aromatic heterocycles. The Morgan fingerprint density at radius 3 is 0.275 bits per heavy atom. The maximum atomic E-state index is 6.55. The van der Waals surface area contributed by atoms with Gasteiger partial charge in [-0.05, 0) is 94.7 Å². The molecule has 0 unspecified atom stereocenters. The quantitative estimate of drug-likeness (QED) is 0.344. The zero-order valence-corrected chi connectivity index (χ0v) is 20.0. The van der Waals surface area contributed by atoms with Crippen molar-refractivity contribution in [2.75, 3.05) is 0 Å². The van der Waals surface area contributed by atoms with Gasteiger partial charge in [-0.1, -0.05) is 0 Å². The van der Waals surface area contributed by atoms with Crippen LogP contribution >= 0.6 is 0 Å². The van der Waals surface area contributed by atoms with E-state index in [1.807, 2.05) is 11.8 Å². The van der Waals surface area contributed by atoms with E-state index in [0.717, 1.165) is 0 Å². The normalized spacial score (nSPS) is 3.85.